The smallest absolute Gasteiger partial charge is 0.302 e. The number of Topliss-reactive ketones (excluding diaryl/α,β-unsaturated/α-hetero) is 1. The van der Waals surface area contributed by atoms with Gasteiger partial charge in [-0.3, -0.25) is 9.59 Å². The van der Waals surface area contributed by atoms with Gasteiger partial charge in [-0.05, 0) is 74.5 Å². The fraction of sp³-hybridized carbons (Fsp3) is 0.826. The highest BCUT2D eigenvalue weighted by atomic mass is 16.5. The SMILES string of the molecule is CC(=O)OC1CCC2C3CC=C4CCCC(=O)CCC4(C)C3CCC12C. The van der Waals surface area contributed by atoms with E-state index in [-0.39, 0.29) is 22.9 Å². The highest BCUT2D eigenvalue weighted by molar-refractivity contribution is 5.78. The zero-order chi connectivity index (χ0) is 18.5. The van der Waals surface area contributed by atoms with E-state index in [2.05, 4.69) is 19.9 Å². The van der Waals surface area contributed by atoms with Gasteiger partial charge in [0.05, 0.1) is 0 Å². The van der Waals surface area contributed by atoms with Gasteiger partial charge in [0.2, 0.25) is 0 Å². The Hall–Kier alpha value is -1.12. The zero-order valence-corrected chi connectivity index (χ0v) is 16.7. The van der Waals surface area contributed by atoms with Crippen molar-refractivity contribution in [2.45, 2.75) is 91.1 Å². The van der Waals surface area contributed by atoms with E-state index >= 15 is 0 Å². The Labute approximate surface area is 157 Å². The van der Waals surface area contributed by atoms with Crippen LogP contribution >= 0.6 is 0 Å². The summed E-state index contributed by atoms with van der Waals surface area (Å²) in [6.07, 6.45) is 13.1. The molecule has 26 heavy (non-hydrogen) atoms. The van der Waals surface area contributed by atoms with Crippen LogP contribution in [0.15, 0.2) is 11.6 Å². The normalized spacial score (nSPS) is 45.5. The highest BCUT2D eigenvalue weighted by Gasteiger charge is 2.59. The second kappa shape index (κ2) is 6.49. The molecule has 4 aliphatic rings. The minimum atomic E-state index is -0.129. The van der Waals surface area contributed by atoms with Crippen molar-refractivity contribution in [3.05, 3.63) is 11.6 Å². The number of allylic oxidation sites excluding steroid dienone is 2. The Balaban J connectivity index is 1.62. The molecule has 0 amide bonds. The number of esters is 1. The van der Waals surface area contributed by atoms with E-state index in [9.17, 15) is 9.59 Å². The van der Waals surface area contributed by atoms with Crippen LogP contribution in [0.3, 0.4) is 0 Å². The molecule has 0 aliphatic heterocycles. The summed E-state index contributed by atoms with van der Waals surface area (Å²) >= 11 is 0. The third-order valence-corrected chi connectivity index (χ3v) is 8.67. The molecule has 0 aromatic heterocycles. The molecule has 3 fully saturated rings. The average molecular weight is 359 g/mol. The maximum Gasteiger partial charge on any atom is 0.302 e. The van der Waals surface area contributed by atoms with Crippen LogP contribution in [0.2, 0.25) is 0 Å². The molecular weight excluding hydrogens is 324 g/mol. The van der Waals surface area contributed by atoms with Crippen molar-refractivity contribution >= 4 is 11.8 Å². The number of hydrogen-bond acceptors (Lipinski definition) is 3. The van der Waals surface area contributed by atoms with Gasteiger partial charge in [-0.25, -0.2) is 0 Å². The molecule has 3 nitrogen and oxygen atoms in total. The lowest BCUT2D eigenvalue weighted by Gasteiger charge is -2.56. The molecule has 0 bridgehead atoms. The van der Waals surface area contributed by atoms with Crippen molar-refractivity contribution in [3.8, 4) is 0 Å². The van der Waals surface area contributed by atoms with Crippen molar-refractivity contribution in [1.29, 1.82) is 0 Å². The molecule has 0 spiro atoms. The predicted octanol–water partition coefficient (Wildman–Crippen LogP) is 5.23. The first-order valence-electron chi connectivity index (χ1n) is 10.7. The summed E-state index contributed by atoms with van der Waals surface area (Å²) < 4.78 is 5.75. The molecule has 0 N–H and O–H groups in total. The Bertz CT molecular complexity index is 635. The second-order valence-electron chi connectivity index (χ2n) is 9.87. The zero-order valence-electron chi connectivity index (χ0n) is 16.7. The van der Waals surface area contributed by atoms with Gasteiger partial charge in [0, 0.05) is 25.2 Å². The molecule has 0 heterocycles. The van der Waals surface area contributed by atoms with E-state index in [0.717, 1.165) is 44.9 Å². The maximum atomic E-state index is 12.1. The van der Waals surface area contributed by atoms with Crippen molar-refractivity contribution < 1.29 is 14.3 Å². The van der Waals surface area contributed by atoms with Crippen molar-refractivity contribution in [1.82, 2.24) is 0 Å². The fourth-order valence-corrected chi connectivity index (χ4v) is 7.24. The Morgan fingerprint density at radius 1 is 1.08 bits per heavy atom. The molecule has 6 atom stereocenters. The third-order valence-electron chi connectivity index (χ3n) is 8.67. The molecule has 4 rings (SSSR count). The van der Waals surface area contributed by atoms with Crippen LogP contribution in [0, 0.1) is 28.6 Å². The first kappa shape index (κ1) is 18.3. The highest BCUT2D eigenvalue weighted by Crippen LogP contribution is 2.64. The number of carbonyl (C=O) groups is 2. The van der Waals surface area contributed by atoms with Crippen LogP contribution in [0.1, 0.15) is 85.0 Å². The summed E-state index contributed by atoms with van der Waals surface area (Å²) in [7, 11) is 0. The van der Waals surface area contributed by atoms with Crippen molar-refractivity contribution in [2.75, 3.05) is 0 Å². The third kappa shape index (κ3) is 2.77. The van der Waals surface area contributed by atoms with Crippen LogP contribution in [0.4, 0.5) is 0 Å². The lowest BCUT2D eigenvalue weighted by atomic mass is 9.48. The summed E-state index contributed by atoms with van der Waals surface area (Å²) in [5.41, 5.74) is 2.00. The molecule has 0 aromatic carbocycles. The van der Waals surface area contributed by atoms with Gasteiger partial charge in [-0.15, -0.1) is 0 Å². The van der Waals surface area contributed by atoms with Gasteiger partial charge < -0.3 is 4.74 Å². The van der Waals surface area contributed by atoms with Crippen LogP contribution in [0.25, 0.3) is 0 Å². The molecule has 6 unspecified atom stereocenters. The molecule has 0 saturated heterocycles. The summed E-state index contributed by atoms with van der Waals surface area (Å²) in [5.74, 6) is 2.38. The van der Waals surface area contributed by atoms with Crippen LogP contribution in [0.5, 0.6) is 0 Å². The van der Waals surface area contributed by atoms with E-state index in [4.69, 9.17) is 4.74 Å². The second-order valence-corrected chi connectivity index (χ2v) is 9.87. The van der Waals surface area contributed by atoms with E-state index < -0.39 is 0 Å². The topological polar surface area (TPSA) is 43.4 Å². The minimum absolute atomic E-state index is 0.100. The average Bonchev–Trinajstić information content (AvgIpc) is 2.90. The number of ketones is 1. The summed E-state index contributed by atoms with van der Waals surface area (Å²) in [6, 6.07) is 0. The van der Waals surface area contributed by atoms with Gasteiger partial charge in [0.15, 0.2) is 0 Å². The number of fused-ring (bicyclic) bond motifs is 5. The Morgan fingerprint density at radius 3 is 2.65 bits per heavy atom. The van der Waals surface area contributed by atoms with Crippen LogP contribution in [-0.4, -0.2) is 17.9 Å². The summed E-state index contributed by atoms with van der Waals surface area (Å²) in [4.78, 5) is 23.7. The number of hydrogen-bond donors (Lipinski definition) is 0. The molecule has 144 valence electrons. The Kier molecular flexibility index (Phi) is 4.56. The van der Waals surface area contributed by atoms with E-state index in [1.807, 2.05) is 0 Å². The molecular formula is C23H34O3. The summed E-state index contributed by atoms with van der Waals surface area (Å²) in [6.45, 7) is 6.37. The van der Waals surface area contributed by atoms with E-state index in [1.165, 1.54) is 19.3 Å². The number of ether oxygens (including phenoxy) is 1. The molecule has 0 radical (unpaired) electrons. The van der Waals surface area contributed by atoms with E-state index in [0.29, 0.717) is 23.5 Å². The summed E-state index contributed by atoms with van der Waals surface area (Å²) in [5, 5.41) is 0. The fourth-order valence-electron chi connectivity index (χ4n) is 7.24. The first-order chi connectivity index (χ1) is 12.3. The lowest BCUT2D eigenvalue weighted by molar-refractivity contribution is -0.156. The van der Waals surface area contributed by atoms with Gasteiger partial charge in [-0.2, -0.15) is 0 Å². The monoisotopic (exact) mass is 358 g/mol. The first-order valence-corrected chi connectivity index (χ1v) is 10.7. The van der Waals surface area contributed by atoms with Crippen molar-refractivity contribution in [3.63, 3.8) is 0 Å². The molecule has 3 heteroatoms. The predicted molar refractivity (Wildman–Crippen MR) is 101 cm³/mol. The standard InChI is InChI=1S/C23H34O3/c1-15(24)26-21-10-9-19-18-8-7-16-5-4-6-17(25)11-13-22(16,2)20(18)12-14-23(19,21)3/h7,18-21H,4-6,8-14H2,1-3H3. The van der Waals surface area contributed by atoms with Gasteiger partial charge >= 0.3 is 5.97 Å². The molecule has 4 aliphatic carbocycles. The van der Waals surface area contributed by atoms with Gasteiger partial charge in [-0.1, -0.05) is 25.5 Å². The van der Waals surface area contributed by atoms with E-state index in [1.54, 1.807) is 12.5 Å². The van der Waals surface area contributed by atoms with Crippen LogP contribution in [-0.2, 0) is 14.3 Å². The van der Waals surface area contributed by atoms with Gasteiger partial charge in [0.1, 0.15) is 11.9 Å². The van der Waals surface area contributed by atoms with Crippen molar-refractivity contribution in [2.24, 2.45) is 28.6 Å². The molecule has 3 saturated carbocycles. The maximum absolute atomic E-state index is 12.1. The van der Waals surface area contributed by atoms with Gasteiger partial charge in [0.25, 0.3) is 0 Å². The quantitative estimate of drug-likeness (QED) is 0.476. The Morgan fingerprint density at radius 2 is 1.88 bits per heavy atom. The minimum Gasteiger partial charge on any atom is -0.462 e. The largest absolute Gasteiger partial charge is 0.462 e. The van der Waals surface area contributed by atoms with Crippen LogP contribution < -0.4 is 0 Å². The molecule has 0 aromatic rings. The number of carbonyl (C=O) groups excluding carboxylic acids is 2. The number of rotatable bonds is 1. The lowest BCUT2D eigenvalue weighted by Crippen LogP contribution is -2.50.